The highest BCUT2D eigenvalue weighted by atomic mass is 16.6. The van der Waals surface area contributed by atoms with Crippen LogP contribution < -0.4 is 9.47 Å². The molecule has 0 bridgehead atoms. The first-order valence-corrected chi connectivity index (χ1v) is 8.48. The van der Waals surface area contributed by atoms with E-state index in [4.69, 9.17) is 14.2 Å². The summed E-state index contributed by atoms with van der Waals surface area (Å²) in [4.78, 5) is 26.5. The van der Waals surface area contributed by atoms with E-state index in [1.807, 2.05) is 30.3 Å². The van der Waals surface area contributed by atoms with Gasteiger partial charge < -0.3 is 19.3 Å². The van der Waals surface area contributed by atoms with Crippen molar-refractivity contribution in [2.75, 3.05) is 27.4 Å². The van der Waals surface area contributed by atoms with Gasteiger partial charge in [-0.05, 0) is 11.6 Å². The molecule has 1 N–H and O–H groups in total. The van der Waals surface area contributed by atoms with Crippen LogP contribution in [-0.2, 0) is 9.53 Å². The molecule has 2 aromatic rings. The van der Waals surface area contributed by atoms with Crippen LogP contribution in [0.25, 0.3) is 0 Å². The van der Waals surface area contributed by atoms with Crippen molar-refractivity contribution in [1.29, 1.82) is 0 Å². The van der Waals surface area contributed by atoms with Gasteiger partial charge in [0, 0.05) is 11.6 Å². The maximum Gasteiger partial charge on any atom is 0.417 e. The Kier molecular flexibility index (Phi) is 5.61. The molecule has 1 aliphatic rings. The molecule has 1 heterocycles. The van der Waals surface area contributed by atoms with E-state index in [1.165, 1.54) is 14.2 Å². The standard InChI is InChI=1S/C20H21NO6/c1-25-14-8-9-15(18(10-14)26-2)16(11-22)19(23)21-17(12-27-20(21)24)13-6-4-3-5-7-13/h3-10,16-17,22H,11-12H2,1-2H3/t16-,17+/m1/s1. The maximum atomic E-state index is 13.2. The van der Waals surface area contributed by atoms with Gasteiger partial charge in [-0.25, -0.2) is 9.69 Å². The second-order valence-electron chi connectivity index (χ2n) is 6.05. The van der Waals surface area contributed by atoms with Gasteiger partial charge in [-0.3, -0.25) is 4.79 Å². The number of ether oxygens (including phenoxy) is 3. The van der Waals surface area contributed by atoms with Gasteiger partial charge in [0.05, 0.1) is 26.7 Å². The van der Waals surface area contributed by atoms with E-state index in [-0.39, 0.29) is 6.61 Å². The largest absolute Gasteiger partial charge is 0.497 e. The predicted molar refractivity (Wildman–Crippen MR) is 96.7 cm³/mol. The number of aliphatic hydroxyl groups excluding tert-OH is 1. The number of benzene rings is 2. The van der Waals surface area contributed by atoms with E-state index in [0.29, 0.717) is 17.1 Å². The van der Waals surface area contributed by atoms with Gasteiger partial charge in [-0.2, -0.15) is 0 Å². The SMILES string of the molecule is COc1ccc([C@@H](CO)C(=O)N2C(=O)OC[C@H]2c2ccccc2)c(OC)c1. The van der Waals surface area contributed by atoms with Crippen LogP contribution in [0.1, 0.15) is 23.1 Å². The fraction of sp³-hybridized carbons (Fsp3) is 0.300. The minimum Gasteiger partial charge on any atom is -0.497 e. The Bertz CT molecular complexity index is 822. The number of aliphatic hydroxyl groups is 1. The second-order valence-corrected chi connectivity index (χ2v) is 6.05. The Hall–Kier alpha value is -3.06. The fourth-order valence-corrected chi connectivity index (χ4v) is 3.17. The van der Waals surface area contributed by atoms with Crippen LogP contribution in [0.2, 0.25) is 0 Å². The number of cyclic esters (lactones) is 1. The summed E-state index contributed by atoms with van der Waals surface area (Å²) in [5, 5.41) is 9.91. The Morgan fingerprint density at radius 1 is 1.22 bits per heavy atom. The molecule has 2 aromatic carbocycles. The number of rotatable bonds is 6. The summed E-state index contributed by atoms with van der Waals surface area (Å²) in [5.41, 5.74) is 1.26. The van der Waals surface area contributed by atoms with Crippen LogP contribution in [0.5, 0.6) is 11.5 Å². The normalized spacial score (nSPS) is 17.4. The van der Waals surface area contributed by atoms with Gasteiger partial charge in [0.1, 0.15) is 24.1 Å². The van der Waals surface area contributed by atoms with Gasteiger partial charge in [0.25, 0.3) is 0 Å². The van der Waals surface area contributed by atoms with Gasteiger partial charge in [0.2, 0.25) is 5.91 Å². The summed E-state index contributed by atoms with van der Waals surface area (Å²) in [5.74, 6) is -0.562. The van der Waals surface area contributed by atoms with Crippen molar-refractivity contribution in [3.63, 3.8) is 0 Å². The molecular formula is C20H21NO6. The number of carbonyl (C=O) groups excluding carboxylic acids is 2. The highest BCUT2D eigenvalue weighted by Crippen LogP contribution is 2.35. The fourth-order valence-electron chi connectivity index (χ4n) is 3.17. The molecule has 0 spiro atoms. The van der Waals surface area contributed by atoms with Crippen LogP contribution in [0.15, 0.2) is 48.5 Å². The quantitative estimate of drug-likeness (QED) is 0.840. The third-order valence-electron chi connectivity index (χ3n) is 4.59. The first-order chi connectivity index (χ1) is 13.1. The van der Waals surface area contributed by atoms with Crippen molar-refractivity contribution in [3.05, 3.63) is 59.7 Å². The summed E-state index contributed by atoms with van der Waals surface area (Å²) in [6.45, 7) is -0.403. The van der Waals surface area contributed by atoms with Gasteiger partial charge in [-0.1, -0.05) is 36.4 Å². The molecular weight excluding hydrogens is 350 g/mol. The Balaban J connectivity index is 1.95. The number of methoxy groups -OCH3 is 2. The molecule has 1 aliphatic heterocycles. The number of imide groups is 1. The predicted octanol–water partition coefficient (Wildman–Crippen LogP) is 2.50. The lowest BCUT2D eigenvalue weighted by Crippen LogP contribution is -2.39. The van der Waals surface area contributed by atoms with Crippen LogP contribution in [0.4, 0.5) is 4.79 Å². The van der Waals surface area contributed by atoms with Crippen LogP contribution in [0.3, 0.4) is 0 Å². The minimum atomic E-state index is -0.970. The van der Waals surface area contributed by atoms with Crippen molar-refractivity contribution in [2.45, 2.75) is 12.0 Å². The van der Waals surface area contributed by atoms with Gasteiger partial charge in [0.15, 0.2) is 0 Å². The lowest BCUT2D eigenvalue weighted by molar-refractivity contribution is -0.131. The van der Waals surface area contributed by atoms with Crippen molar-refractivity contribution in [3.8, 4) is 11.5 Å². The topological polar surface area (TPSA) is 85.3 Å². The third kappa shape index (κ3) is 3.59. The number of hydrogen-bond acceptors (Lipinski definition) is 6. The Morgan fingerprint density at radius 2 is 1.96 bits per heavy atom. The van der Waals surface area contributed by atoms with Crippen molar-refractivity contribution >= 4 is 12.0 Å². The highest BCUT2D eigenvalue weighted by molar-refractivity contribution is 5.97. The van der Waals surface area contributed by atoms with E-state index in [0.717, 1.165) is 10.5 Å². The summed E-state index contributed by atoms with van der Waals surface area (Å²) in [7, 11) is 2.99. The van der Waals surface area contributed by atoms with Crippen molar-refractivity contribution < 1.29 is 28.9 Å². The average molecular weight is 371 g/mol. The first kappa shape index (κ1) is 18.7. The zero-order valence-corrected chi connectivity index (χ0v) is 15.1. The molecule has 0 saturated carbocycles. The molecule has 0 radical (unpaired) electrons. The minimum absolute atomic E-state index is 0.0759. The molecule has 7 heteroatoms. The van der Waals surface area contributed by atoms with E-state index in [1.54, 1.807) is 18.2 Å². The first-order valence-electron chi connectivity index (χ1n) is 8.48. The van der Waals surface area contributed by atoms with Crippen LogP contribution in [-0.4, -0.2) is 49.4 Å². The number of hydrogen-bond donors (Lipinski definition) is 1. The summed E-state index contributed by atoms with van der Waals surface area (Å²) >= 11 is 0. The van der Waals surface area contributed by atoms with Crippen molar-refractivity contribution in [1.82, 2.24) is 4.90 Å². The molecule has 7 nitrogen and oxygen atoms in total. The molecule has 3 rings (SSSR count). The van der Waals surface area contributed by atoms with Crippen molar-refractivity contribution in [2.24, 2.45) is 0 Å². The van der Waals surface area contributed by atoms with E-state index < -0.39 is 30.6 Å². The Morgan fingerprint density at radius 3 is 2.59 bits per heavy atom. The third-order valence-corrected chi connectivity index (χ3v) is 4.59. The van der Waals surface area contributed by atoms with Crippen LogP contribution >= 0.6 is 0 Å². The molecule has 1 fully saturated rings. The van der Waals surface area contributed by atoms with Crippen LogP contribution in [0, 0.1) is 0 Å². The van der Waals surface area contributed by atoms with E-state index in [9.17, 15) is 14.7 Å². The molecule has 0 aromatic heterocycles. The average Bonchev–Trinajstić information content (AvgIpc) is 3.10. The zero-order valence-electron chi connectivity index (χ0n) is 15.1. The number of carbonyl (C=O) groups is 2. The zero-order chi connectivity index (χ0) is 19.4. The highest BCUT2D eigenvalue weighted by Gasteiger charge is 2.42. The molecule has 0 unspecified atom stereocenters. The summed E-state index contributed by atoms with van der Waals surface area (Å²) in [6, 6.07) is 13.6. The lowest BCUT2D eigenvalue weighted by atomic mass is 9.96. The lowest BCUT2D eigenvalue weighted by Gasteiger charge is -2.25. The molecule has 2 atom stereocenters. The Labute approximate surface area is 157 Å². The smallest absolute Gasteiger partial charge is 0.417 e. The number of amides is 2. The molecule has 1 saturated heterocycles. The molecule has 27 heavy (non-hydrogen) atoms. The second kappa shape index (κ2) is 8.09. The monoisotopic (exact) mass is 371 g/mol. The molecule has 2 amide bonds. The molecule has 0 aliphatic carbocycles. The van der Waals surface area contributed by atoms with E-state index >= 15 is 0 Å². The maximum absolute atomic E-state index is 13.2. The van der Waals surface area contributed by atoms with Gasteiger partial charge in [-0.15, -0.1) is 0 Å². The number of nitrogens with zero attached hydrogens (tertiary/aromatic N) is 1. The summed E-state index contributed by atoms with van der Waals surface area (Å²) in [6.07, 6.45) is -0.722. The van der Waals surface area contributed by atoms with Gasteiger partial charge >= 0.3 is 6.09 Å². The molecule has 142 valence electrons. The van der Waals surface area contributed by atoms with E-state index in [2.05, 4.69) is 0 Å². The summed E-state index contributed by atoms with van der Waals surface area (Å²) < 4.78 is 15.6.